The zero-order valence-electron chi connectivity index (χ0n) is 10.5. The van der Waals surface area contributed by atoms with Crippen LogP contribution in [-0.4, -0.2) is 10.9 Å². The number of carbonyl (C=O) groups is 1. The lowest BCUT2D eigenvalue weighted by Gasteiger charge is -2.17. The van der Waals surface area contributed by atoms with E-state index in [4.69, 9.17) is 0 Å². The van der Waals surface area contributed by atoms with Gasteiger partial charge in [-0.15, -0.1) is 11.3 Å². The van der Waals surface area contributed by atoms with E-state index < -0.39 is 0 Å². The van der Waals surface area contributed by atoms with Gasteiger partial charge in [-0.05, 0) is 36.1 Å². The van der Waals surface area contributed by atoms with Crippen LogP contribution in [0, 0.1) is 6.92 Å². The molecule has 0 aliphatic rings. The fourth-order valence-corrected chi connectivity index (χ4v) is 2.90. The quantitative estimate of drug-likeness (QED) is 0.918. The molecule has 0 aliphatic carbocycles. The third kappa shape index (κ3) is 3.17. The van der Waals surface area contributed by atoms with Gasteiger partial charge in [-0.3, -0.25) is 9.78 Å². The molecule has 0 fully saturated rings. The van der Waals surface area contributed by atoms with Gasteiger partial charge < -0.3 is 5.32 Å². The Balaban J connectivity index is 2.21. The molecule has 1 unspecified atom stereocenters. The van der Waals surface area contributed by atoms with E-state index in [2.05, 4.69) is 28.7 Å². The van der Waals surface area contributed by atoms with Crippen molar-refractivity contribution in [1.82, 2.24) is 10.3 Å². The van der Waals surface area contributed by atoms with Crippen molar-refractivity contribution in [2.45, 2.75) is 26.3 Å². The van der Waals surface area contributed by atoms with Gasteiger partial charge in [0, 0.05) is 30.1 Å². The number of rotatable bonds is 4. The number of aryl methyl sites for hydroxylation is 1. The lowest BCUT2D eigenvalue weighted by Crippen LogP contribution is -2.27. The van der Waals surface area contributed by atoms with Crippen molar-refractivity contribution in [3.8, 4) is 0 Å². The second-order valence-electron chi connectivity index (χ2n) is 4.25. The van der Waals surface area contributed by atoms with Crippen molar-refractivity contribution in [2.24, 2.45) is 0 Å². The Hall–Kier alpha value is -1.68. The Labute approximate surface area is 111 Å². The van der Waals surface area contributed by atoms with Gasteiger partial charge >= 0.3 is 0 Å². The molecule has 4 heteroatoms. The van der Waals surface area contributed by atoms with Crippen LogP contribution in [0.5, 0.6) is 0 Å². The van der Waals surface area contributed by atoms with Crippen molar-refractivity contribution < 1.29 is 4.79 Å². The van der Waals surface area contributed by atoms with Crippen LogP contribution in [0.15, 0.2) is 35.8 Å². The number of aromatic nitrogens is 1. The van der Waals surface area contributed by atoms with Crippen molar-refractivity contribution in [1.29, 1.82) is 0 Å². The highest BCUT2D eigenvalue weighted by molar-refractivity contribution is 7.10. The predicted molar refractivity (Wildman–Crippen MR) is 73.6 cm³/mol. The molecule has 2 heterocycles. The highest BCUT2D eigenvalue weighted by Gasteiger charge is 2.17. The first kappa shape index (κ1) is 12.8. The summed E-state index contributed by atoms with van der Waals surface area (Å²) >= 11 is 1.68. The van der Waals surface area contributed by atoms with E-state index in [-0.39, 0.29) is 11.9 Å². The van der Waals surface area contributed by atoms with Gasteiger partial charge in [0.05, 0.1) is 6.04 Å². The third-order valence-electron chi connectivity index (χ3n) is 2.74. The first-order valence-corrected chi connectivity index (χ1v) is 6.76. The minimum Gasteiger partial charge on any atom is -0.348 e. The largest absolute Gasteiger partial charge is 0.348 e. The second kappa shape index (κ2) is 5.78. The molecule has 0 saturated carbocycles. The average Bonchev–Trinajstić information content (AvgIpc) is 2.75. The monoisotopic (exact) mass is 260 g/mol. The number of amides is 1. The molecule has 94 valence electrons. The molecule has 0 radical (unpaired) electrons. The van der Waals surface area contributed by atoms with E-state index >= 15 is 0 Å². The molecule has 2 aromatic heterocycles. The van der Waals surface area contributed by atoms with Gasteiger partial charge in [0.1, 0.15) is 0 Å². The van der Waals surface area contributed by atoms with Crippen molar-refractivity contribution >= 4 is 17.2 Å². The number of hydrogen-bond donors (Lipinski definition) is 1. The Morgan fingerprint density at radius 1 is 1.44 bits per heavy atom. The van der Waals surface area contributed by atoms with E-state index in [1.807, 2.05) is 18.2 Å². The van der Waals surface area contributed by atoms with Crippen LogP contribution in [0.25, 0.3) is 0 Å². The summed E-state index contributed by atoms with van der Waals surface area (Å²) in [5.41, 5.74) is 2.21. The van der Waals surface area contributed by atoms with Crippen LogP contribution in [0.1, 0.15) is 29.1 Å². The molecule has 18 heavy (non-hydrogen) atoms. The molecule has 0 bridgehead atoms. The number of hydrogen-bond acceptors (Lipinski definition) is 3. The molecule has 1 N–H and O–H groups in total. The number of thiophene rings is 1. The minimum absolute atomic E-state index is 0.0104. The SMILES string of the molecule is CC(=O)NC(Cc1ccccn1)c1sccc1C. The van der Waals surface area contributed by atoms with Gasteiger partial charge in [0.25, 0.3) is 0 Å². The Morgan fingerprint density at radius 3 is 2.83 bits per heavy atom. The average molecular weight is 260 g/mol. The Bertz CT molecular complexity index is 522. The summed E-state index contributed by atoms with van der Waals surface area (Å²) in [6, 6.07) is 7.93. The molecule has 2 aromatic rings. The van der Waals surface area contributed by atoms with Crippen LogP contribution < -0.4 is 5.32 Å². The molecule has 0 aliphatic heterocycles. The van der Waals surface area contributed by atoms with Gasteiger partial charge in [-0.2, -0.15) is 0 Å². The zero-order valence-corrected chi connectivity index (χ0v) is 11.3. The van der Waals surface area contributed by atoms with Crippen LogP contribution >= 0.6 is 11.3 Å². The van der Waals surface area contributed by atoms with Crippen LogP contribution in [0.3, 0.4) is 0 Å². The van der Waals surface area contributed by atoms with E-state index in [0.29, 0.717) is 0 Å². The molecule has 1 amide bonds. The Morgan fingerprint density at radius 2 is 2.28 bits per heavy atom. The van der Waals surface area contributed by atoms with Gasteiger partial charge in [-0.25, -0.2) is 0 Å². The lowest BCUT2D eigenvalue weighted by atomic mass is 10.1. The van der Waals surface area contributed by atoms with Crippen molar-refractivity contribution in [2.75, 3.05) is 0 Å². The number of nitrogens with zero attached hydrogens (tertiary/aromatic N) is 1. The first-order valence-electron chi connectivity index (χ1n) is 5.88. The third-order valence-corrected chi connectivity index (χ3v) is 3.87. The fourth-order valence-electron chi connectivity index (χ4n) is 1.92. The molecule has 0 aromatic carbocycles. The van der Waals surface area contributed by atoms with E-state index in [1.165, 1.54) is 10.4 Å². The standard InChI is InChI=1S/C14H16N2OS/c1-10-6-8-18-14(10)13(16-11(2)17)9-12-5-3-4-7-15-12/h3-8,13H,9H2,1-2H3,(H,16,17). The highest BCUT2D eigenvalue weighted by atomic mass is 32.1. The summed E-state index contributed by atoms with van der Waals surface area (Å²) in [6.45, 7) is 3.62. The van der Waals surface area contributed by atoms with Crippen molar-refractivity contribution in [3.63, 3.8) is 0 Å². The van der Waals surface area contributed by atoms with Crippen LogP contribution in [0.2, 0.25) is 0 Å². The van der Waals surface area contributed by atoms with Gasteiger partial charge in [-0.1, -0.05) is 6.07 Å². The summed E-state index contributed by atoms with van der Waals surface area (Å²) in [5, 5.41) is 5.06. The minimum atomic E-state index is -0.0104. The maximum Gasteiger partial charge on any atom is 0.217 e. The van der Waals surface area contributed by atoms with E-state index in [0.717, 1.165) is 12.1 Å². The summed E-state index contributed by atoms with van der Waals surface area (Å²) in [5.74, 6) is -0.0104. The maximum atomic E-state index is 11.3. The van der Waals surface area contributed by atoms with Crippen LogP contribution in [0.4, 0.5) is 0 Å². The molecular formula is C14H16N2OS. The van der Waals surface area contributed by atoms with E-state index in [1.54, 1.807) is 24.5 Å². The Kier molecular flexibility index (Phi) is 4.10. The summed E-state index contributed by atoms with van der Waals surface area (Å²) in [6.07, 6.45) is 2.50. The highest BCUT2D eigenvalue weighted by Crippen LogP contribution is 2.26. The van der Waals surface area contributed by atoms with Crippen molar-refractivity contribution in [3.05, 3.63) is 52.0 Å². The van der Waals surface area contributed by atoms with Gasteiger partial charge in [0.2, 0.25) is 5.91 Å². The zero-order chi connectivity index (χ0) is 13.0. The predicted octanol–water partition coefficient (Wildman–Crippen LogP) is 2.87. The normalized spacial score (nSPS) is 12.1. The number of pyridine rings is 1. The fraction of sp³-hybridized carbons (Fsp3) is 0.286. The second-order valence-corrected chi connectivity index (χ2v) is 5.19. The molecule has 2 rings (SSSR count). The smallest absolute Gasteiger partial charge is 0.217 e. The number of nitrogens with one attached hydrogen (secondary N) is 1. The first-order chi connectivity index (χ1) is 8.66. The molecule has 0 saturated heterocycles. The molecule has 1 atom stereocenters. The van der Waals surface area contributed by atoms with Crippen LogP contribution in [-0.2, 0) is 11.2 Å². The maximum absolute atomic E-state index is 11.3. The van der Waals surface area contributed by atoms with E-state index in [9.17, 15) is 4.79 Å². The number of carbonyl (C=O) groups excluding carboxylic acids is 1. The summed E-state index contributed by atoms with van der Waals surface area (Å²) in [4.78, 5) is 16.8. The summed E-state index contributed by atoms with van der Waals surface area (Å²) in [7, 11) is 0. The van der Waals surface area contributed by atoms with Gasteiger partial charge in [0.15, 0.2) is 0 Å². The summed E-state index contributed by atoms with van der Waals surface area (Å²) < 4.78 is 0. The molecule has 0 spiro atoms. The topological polar surface area (TPSA) is 42.0 Å². The lowest BCUT2D eigenvalue weighted by molar-refractivity contribution is -0.119. The molecule has 3 nitrogen and oxygen atoms in total. The molecular weight excluding hydrogens is 244 g/mol.